The van der Waals surface area contributed by atoms with Crippen molar-refractivity contribution in [2.45, 2.75) is 44.4 Å². The number of nitrogen functional groups attached to an aromatic ring is 1. The Morgan fingerprint density at radius 2 is 2.15 bits per heavy atom. The quantitative estimate of drug-likeness (QED) is 0.827. The van der Waals surface area contributed by atoms with E-state index >= 15 is 0 Å². The molecule has 2 atom stereocenters. The first kappa shape index (κ1) is 14.6. The molecular formula is C14H21N3O3. The zero-order valence-electron chi connectivity index (χ0n) is 11.7. The maximum absolute atomic E-state index is 12.2. The number of carbonyl (C=O) groups excluding carboxylic acids is 1. The highest BCUT2D eigenvalue weighted by Crippen LogP contribution is 2.22. The van der Waals surface area contributed by atoms with Crippen molar-refractivity contribution >= 4 is 11.6 Å². The monoisotopic (exact) mass is 279 g/mol. The van der Waals surface area contributed by atoms with Gasteiger partial charge in [-0.1, -0.05) is 12.8 Å². The molecule has 0 spiro atoms. The van der Waals surface area contributed by atoms with Crippen LogP contribution >= 0.6 is 0 Å². The van der Waals surface area contributed by atoms with Crippen molar-refractivity contribution in [2.75, 3.05) is 12.8 Å². The van der Waals surface area contributed by atoms with E-state index < -0.39 is 6.10 Å². The van der Waals surface area contributed by atoms with Crippen LogP contribution in [-0.4, -0.2) is 39.7 Å². The van der Waals surface area contributed by atoms with Crippen LogP contribution in [0.25, 0.3) is 0 Å². The lowest BCUT2D eigenvalue weighted by Crippen LogP contribution is -2.47. The average Bonchev–Trinajstić information content (AvgIpc) is 2.42. The Hall–Kier alpha value is -1.82. The van der Waals surface area contributed by atoms with Gasteiger partial charge in [0, 0.05) is 25.0 Å². The predicted molar refractivity (Wildman–Crippen MR) is 76.1 cm³/mol. The lowest BCUT2D eigenvalue weighted by Gasteiger charge is -2.35. The number of nitrogens with two attached hydrogens (primary N) is 1. The van der Waals surface area contributed by atoms with E-state index in [1.165, 1.54) is 22.9 Å². The van der Waals surface area contributed by atoms with Gasteiger partial charge in [0.05, 0.1) is 12.1 Å². The Bertz CT molecular complexity index is 541. The summed E-state index contributed by atoms with van der Waals surface area (Å²) in [6.45, 7) is -0.0520. The number of aliphatic hydroxyl groups excluding tert-OH is 1. The standard InChI is InChI=1S/C14H21N3O3/c1-16(11-4-2-3-5-12(11)18)14(20)9-17-8-10(15)6-7-13(17)19/h6-8,11-12,18H,2-5,9,15H2,1H3. The Morgan fingerprint density at radius 1 is 1.45 bits per heavy atom. The highest BCUT2D eigenvalue weighted by atomic mass is 16.3. The van der Waals surface area contributed by atoms with Gasteiger partial charge in [-0.25, -0.2) is 0 Å². The van der Waals surface area contributed by atoms with E-state index in [4.69, 9.17) is 5.73 Å². The second-order valence-electron chi connectivity index (χ2n) is 5.35. The molecule has 1 amide bonds. The molecule has 20 heavy (non-hydrogen) atoms. The van der Waals surface area contributed by atoms with Gasteiger partial charge in [0.1, 0.15) is 6.54 Å². The molecule has 2 unspecified atom stereocenters. The Labute approximate surface area is 117 Å². The second-order valence-corrected chi connectivity index (χ2v) is 5.35. The SMILES string of the molecule is CN(C(=O)Cn1cc(N)ccc1=O)C1CCCCC1O. The number of aliphatic hydroxyl groups is 1. The van der Waals surface area contributed by atoms with E-state index in [0.29, 0.717) is 5.69 Å². The minimum Gasteiger partial charge on any atom is -0.398 e. The van der Waals surface area contributed by atoms with Gasteiger partial charge >= 0.3 is 0 Å². The number of pyridine rings is 1. The van der Waals surface area contributed by atoms with Gasteiger partial charge in [-0.2, -0.15) is 0 Å². The molecule has 1 heterocycles. The van der Waals surface area contributed by atoms with Crippen molar-refractivity contribution < 1.29 is 9.90 Å². The van der Waals surface area contributed by atoms with Crippen LogP contribution in [0.1, 0.15) is 25.7 Å². The van der Waals surface area contributed by atoms with E-state index in [2.05, 4.69) is 0 Å². The van der Waals surface area contributed by atoms with Gasteiger partial charge in [0.15, 0.2) is 0 Å². The van der Waals surface area contributed by atoms with Gasteiger partial charge in [0.2, 0.25) is 5.91 Å². The first-order valence-electron chi connectivity index (χ1n) is 6.88. The van der Waals surface area contributed by atoms with Gasteiger partial charge in [0.25, 0.3) is 5.56 Å². The van der Waals surface area contributed by atoms with Crippen molar-refractivity contribution in [2.24, 2.45) is 0 Å². The number of nitrogens with zero attached hydrogens (tertiary/aromatic N) is 2. The molecule has 0 saturated heterocycles. The average molecular weight is 279 g/mol. The van der Waals surface area contributed by atoms with Crippen LogP contribution in [0.2, 0.25) is 0 Å². The maximum atomic E-state index is 12.2. The number of anilines is 1. The summed E-state index contributed by atoms with van der Waals surface area (Å²) < 4.78 is 1.30. The van der Waals surface area contributed by atoms with Crippen LogP contribution in [0.15, 0.2) is 23.1 Å². The van der Waals surface area contributed by atoms with Crippen LogP contribution in [0.3, 0.4) is 0 Å². The molecule has 1 aliphatic rings. The van der Waals surface area contributed by atoms with Crippen molar-refractivity contribution in [3.05, 3.63) is 28.7 Å². The molecule has 1 saturated carbocycles. The molecule has 1 aromatic rings. The number of likely N-dealkylation sites (N-methyl/N-ethyl adjacent to an activating group) is 1. The largest absolute Gasteiger partial charge is 0.398 e. The van der Waals surface area contributed by atoms with E-state index in [-0.39, 0.29) is 24.1 Å². The molecule has 1 aromatic heterocycles. The molecule has 3 N–H and O–H groups in total. The number of hydrogen-bond donors (Lipinski definition) is 2. The van der Waals surface area contributed by atoms with Gasteiger partial charge in [-0.15, -0.1) is 0 Å². The summed E-state index contributed by atoms with van der Waals surface area (Å²) in [7, 11) is 1.68. The van der Waals surface area contributed by atoms with Gasteiger partial charge in [-0.3, -0.25) is 9.59 Å². The number of carbonyl (C=O) groups is 1. The topological polar surface area (TPSA) is 88.6 Å². The molecule has 6 nitrogen and oxygen atoms in total. The van der Waals surface area contributed by atoms with E-state index in [9.17, 15) is 14.7 Å². The van der Waals surface area contributed by atoms with Crippen LogP contribution < -0.4 is 11.3 Å². The van der Waals surface area contributed by atoms with E-state index in [0.717, 1.165) is 25.7 Å². The summed E-state index contributed by atoms with van der Waals surface area (Å²) >= 11 is 0. The lowest BCUT2D eigenvalue weighted by atomic mass is 9.91. The number of amides is 1. The third-order valence-corrected chi connectivity index (χ3v) is 3.90. The fourth-order valence-corrected chi connectivity index (χ4v) is 2.66. The van der Waals surface area contributed by atoms with Crippen LogP contribution in [-0.2, 0) is 11.3 Å². The second kappa shape index (κ2) is 6.09. The molecular weight excluding hydrogens is 258 g/mol. The summed E-state index contributed by atoms with van der Waals surface area (Å²) in [6, 6.07) is 2.70. The lowest BCUT2D eigenvalue weighted by molar-refractivity contribution is -0.136. The molecule has 0 radical (unpaired) electrons. The molecule has 0 bridgehead atoms. The number of aromatic nitrogens is 1. The number of hydrogen-bond acceptors (Lipinski definition) is 4. The molecule has 6 heteroatoms. The zero-order chi connectivity index (χ0) is 14.7. The summed E-state index contributed by atoms with van der Waals surface area (Å²) in [5, 5.41) is 9.97. The van der Waals surface area contributed by atoms with Gasteiger partial charge < -0.3 is 20.3 Å². The fraction of sp³-hybridized carbons (Fsp3) is 0.571. The predicted octanol–water partition coefficient (Wildman–Crippen LogP) is 0.192. The smallest absolute Gasteiger partial charge is 0.251 e. The van der Waals surface area contributed by atoms with Crippen molar-refractivity contribution in [3.63, 3.8) is 0 Å². The third kappa shape index (κ3) is 3.19. The first-order valence-corrected chi connectivity index (χ1v) is 6.88. The van der Waals surface area contributed by atoms with Crippen LogP contribution in [0.5, 0.6) is 0 Å². The molecule has 2 rings (SSSR count). The summed E-state index contributed by atoms with van der Waals surface area (Å²) in [4.78, 5) is 25.4. The Balaban J connectivity index is 2.07. The molecule has 110 valence electrons. The van der Waals surface area contributed by atoms with Gasteiger partial charge in [-0.05, 0) is 18.9 Å². The normalized spacial score (nSPS) is 22.5. The molecule has 1 fully saturated rings. The van der Waals surface area contributed by atoms with E-state index in [1.54, 1.807) is 11.9 Å². The van der Waals surface area contributed by atoms with Crippen LogP contribution in [0, 0.1) is 0 Å². The summed E-state index contributed by atoms with van der Waals surface area (Å²) in [5.41, 5.74) is 5.80. The van der Waals surface area contributed by atoms with Crippen LogP contribution in [0.4, 0.5) is 5.69 Å². The molecule has 0 aliphatic heterocycles. The Morgan fingerprint density at radius 3 is 2.85 bits per heavy atom. The molecule has 0 aromatic carbocycles. The van der Waals surface area contributed by atoms with Crippen molar-refractivity contribution in [3.8, 4) is 0 Å². The first-order chi connectivity index (χ1) is 9.49. The Kier molecular flexibility index (Phi) is 4.44. The fourth-order valence-electron chi connectivity index (χ4n) is 2.66. The molecule has 1 aliphatic carbocycles. The van der Waals surface area contributed by atoms with Crippen molar-refractivity contribution in [1.29, 1.82) is 0 Å². The number of rotatable bonds is 3. The highest BCUT2D eigenvalue weighted by molar-refractivity contribution is 5.76. The zero-order valence-corrected chi connectivity index (χ0v) is 11.7. The highest BCUT2D eigenvalue weighted by Gasteiger charge is 2.29. The maximum Gasteiger partial charge on any atom is 0.251 e. The minimum absolute atomic E-state index is 0.0520. The van der Waals surface area contributed by atoms with Crippen molar-refractivity contribution in [1.82, 2.24) is 9.47 Å². The summed E-state index contributed by atoms with van der Waals surface area (Å²) in [6.07, 6.45) is 4.52. The summed E-state index contributed by atoms with van der Waals surface area (Å²) in [5.74, 6) is -0.191. The third-order valence-electron chi connectivity index (χ3n) is 3.90. The minimum atomic E-state index is -0.477. The van der Waals surface area contributed by atoms with E-state index in [1.807, 2.05) is 0 Å².